The predicted octanol–water partition coefficient (Wildman–Crippen LogP) is 2.40. The van der Waals surface area contributed by atoms with E-state index in [9.17, 15) is 4.79 Å². The fourth-order valence-electron chi connectivity index (χ4n) is 2.94. The van der Waals surface area contributed by atoms with E-state index in [1.807, 2.05) is 43.3 Å². The van der Waals surface area contributed by atoms with Crippen LogP contribution < -0.4 is 4.90 Å². The van der Waals surface area contributed by atoms with Gasteiger partial charge in [0.05, 0.1) is 17.7 Å². The summed E-state index contributed by atoms with van der Waals surface area (Å²) in [4.78, 5) is 29.4. The van der Waals surface area contributed by atoms with Gasteiger partial charge in [-0.2, -0.15) is 0 Å². The van der Waals surface area contributed by atoms with Crippen molar-refractivity contribution in [2.75, 3.05) is 25.5 Å². The van der Waals surface area contributed by atoms with Gasteiger partial charge in [0, 0.05) is 45.7 Å². The molecule has 0 aliphatic carbocycles. The summed E-state index contributed by atoms with van der Waals surface area (Å²) in [6.45, 7) is 1.04. The van der Waals surface area contributed by atoms with Gasteiger partial charge in [0.2, 0.25) is 5.89 Å². The lowest BCUT2D eigenvalue weighted by molar-refractivity contribution is 0.0727. The molecule has 0 radical (unpaired) electrons. The monoisotopic (exact) mass is 349 g/mol. The molecule has 4 heterocycles. The van der Waals surface area contributed by atoms with E-state index in [0.29, 0.717) is 31.0 Å². The molecular weight excluding hydrogens is 330 g/mol. The minimum atomic E-state index is -0.0422. The molecule has 1 amide bonds. The molecule has 3 aromatic heterocycles. The van der Waals surface area contributed by atoms with Crippen LogP contribution in [0.25, 0.3) is 11.5 Å². The molecular formula is C19H19N5O2. The molecule has 132 valence electrons. The van der Waals surface area contributed by atoms with Crippen molar-refractivity contribution in [1.29, 1.82) is 0 Å². The van der Waals surface area contributed by atoms with Crippen LogP contribution in [0, 0.1) is 0 Å². The molecule has 0 spiro atoms. The maximum absolute atomic E-state index is 12.8. The molecule has 0 saturated carbocycles. The second-order valence-electron chi connectivity index (χ2n) is 6.41. The van der Waals surface area contributed by atoms with E-state index in [4.69, 9.17) is 4.42 Å². The standard InChI is InChI=1S/C19H19N5O2/c1-23(2)17-6-5-14(11-21-17)19(25)24-9-7-16-15(12-24)22-18(26-16)13-4-3-8-20-10-13/h3-6,8,10-11H,7,9,12H2,1-2H3. The van der Waals surface area contributed by atoms with Crippen molar-refractivity contribution < 1.29 is 9.21 Å². The van der Waals surface area contributed by atoms with Crippen LogP contribution in [0.4, 0.5) is 5.82 Å². The Balaban J connectivity index is 1.53. The smallest absolute Gasteiger partial charge is 0.255 e. The van der Waals surface area contributed by atoms with E-state index in [1.54, 1.807) is 23.5 Å². The van der Waals surface area contributed by atoms with E-state index in [2.05, 4.69) is 15.0 Å². The Labute approximate surface area is 151 Å². The highest BCUT2D eigenvalue weighted by molar-refractivity contribution is 5.94. The third-order valence-corrected chi connectivity index (χ3v) is 4.38. The Morgan fingerprint density at radius 3 is 2.81 bits per heavy atom. The number of amides is 1. The number of carbonyl (C=O) groups excluding carboxylic acids is 1. The number of hydrogen-bond donors (Lipinski definition) is 0. The Bertz CT molecular complexity index is 919. The molecule has 7 nitrogen and oxygen atoms in total. The lowest BCUT2D eigenvalue weighted by Gasteiger charge is -2.25. The molecule has 0 fully saturated rings. The number of pyridine rings is 2. The van der Waals surface area contributed by atoms with Gasteiger partial charge in [-0.1, -0.05) is 0 Å². The van der Waals surface area contributed by atoms with E-state index in [-0.39, 0.29) is 5.91 Å². The average molecular weight is 349 g/mol. The first kappa shape index (κ1) is 16.3. The molecule has 7 heteroatoms. The Kier molecular flexibility index (Phi) is 4.12. The first-order valence-electron chi connectivity index (χ1n) is 8.43. The Morgan fingerprint density at radius 1 is 1.23 bits per heavy atom. The molecule has 0 bridgehead atoms. The molecule has 1 aliphatic rings. The van der Waals surface area contributed by atoms with Crippen LogP contribution in [-0.4, -0.2) is 46.4 Å². The summed E-state index contributed by atoms with van der Waals surface area (Å²) < 4.78 is 5.86. The summed E-state index contributed by atoms with van der Waals surface area (Å²) in [5, 5.41) is 0. The number of nitrogens with zero attached hydrogens (tertiary/aromatic N) is 5. The normalized spacial score (nSPS) is 13.4. The number of hydrogen-bond acceptors (Lipinski definition) is 6. The average Bonchev–Trinajstić information content (AvgIpc) is 3.11. The van der Waals surface area contributed by atoms with Crippen molar-refractivity contribution in [2.24, 2.45) is 0 Å². The third kappa shape index (κ3) is 3.03. The summed E-state index contributed by atoms with van der Waals surface area (Å²) >= 11 is 0. The van der Waals surface area contributed by atoms with Crippen molar-refractivity contribution in [3.63, 3.8) is 0 Å². The molecule has 26 heavy (non-hydrogen) atoms. The van der Waals surface area contributed by atoms with Gasteiger partial charge in [-0.3, -0.25) is 9.78 Å². The number of anilines is 1. The summed E-state index contributed by atoms with van der Waals surface area (Å²) in [7, 11) is 3.83. The minimum Gasteiger partial charge on any atom is -0.441 e. The van der Waals surface area contributed by atoms with E-state index in [0.717, 1.165) is 22.8 Å². The van der Waals surface area contributed by atoms with E-state index in [1.165, 1.54) is 0 Å². The fourth-order valence-corrected chi connectivity index (χ4v) is 2.94. The van der Waals surface area contributed by atoms with Crippen molar-refractivity contribution in [3.8, 4) is 11.5 Å². The maximum atomic E-state index is 12.8. The highest BCUT2D eigenvalue weighted by Gasteiger charge is 2.26. The summed E-state index contributed by atoms with van der Waals surface area (Å²) in [5.74, 6) is 2.17. The molecule has 0 unspecified atom stereocenters. The van der Waals surface area contributed by atoms with Crippen LogP contribution in [0.15, 0.2) is 47.3 Å². The van der Waals surface area contributed by atoms with E-state index < -0.39 is 0 Å². The van der Waals surface area contributed by atoms with Gasteiger partial charge in [-0.25, -0.2) is 9.97 Å². The Hall–Kier alpha value is -3.22. The number of fused-ring (bicyclic) bond motifs is 1. The predicted molar refractivity (Wildman–Crippen MR) is 96.7 cm³/mol. The van der Waals surface area contributed by atoms with Crippen LogP contribution >= 0.6 is 0 Å². The van der Waals surface area contributed by atoms with Crippen LogP contribution in [-0.2, 0) is 13.0 Å². The lowest BCUT2D eigenvalue weighted by atomic mass is 10.1. The zero-order valence-corrected chi connectivity index (χ0v) is 14.7. The summed E-state index contributed by atoms with van der Waals surface area (Å²) in [6, 6.07) is 7.41. The van der Waals surface area contributed by atoms with Crippen molar-refractivity contribution >= 4 is 11.7 Å². The third-order valence-electron chi connectivity index (χ3n) is 4.38. The van der Waals surface area contributed by atoms with Crippen LogP contribution in [0.1, 0.15) is 21.8 Å². The van der Waals surface area contributed by atoms with Crippen LogP contribution in [0.5, 0.6) is 0 Å². The van der Waals surface area contributed by atoms with Crippen molar-refractivity contribution in [1.82, 2.24) is 19.9 Å². The van der Waals surface area contributed by atoms with Crippen LogP contribution in [0.3, 0.4) is 0 Å². The first-order valence-corrected chi connectivity index (χ1v) is 8.43. The van der Waals surface area contributed by atoms with Gasteiger partial charge in [-0.05, 0) is 24.3 Å². The summed E-state index contributed by atoms with van der Waals surface area (Å²) in [6.07, 6.45) is 5.70. The SMILES string of the molecule is CN(C)c1ccc(C(=O)N2CCc3oc(-c4cccnc4)nc3C2)cn1. The van der Waals surface area contributed by atoms with Gasteiger partial charge in [0.25, 0.3) is 5.91 Å². The summed E-state index contributed by atoms with van der Waals surface area (Å²) in [5.41, 5.74) is 2.22. The fraction of sp³-hybridized carbons (Fsp3) is 0.263. The minimum absolute atomic E-state index is 0.0422. The number of carbonyl (C=O) groups is 1. The molecule has 1 aliphatic heterocycles. The largest absolute Gasteiger partial charge is 0.441 e. The van der Waals surface area contributed by atoms with Gasteiger partial charge in [0.15, 0.2) is 0 Å². The topological polar surface area (TPSA) is 75.4 Å². The van der Waals surface area contributed by atoms with Gasteiger partial charge in [0.1, 0.15) is 17.3 Å². The number of oxazole rings is 1. The van der Waals surface area contributed by atoms with Gasteiger partial charge < -0.3 is 14.2 Å². The molecule has 0 saturated heterocycles. The number of rotatable bonds is 3. The highest BCUT2D eigenvalue weighted by Crippen LogP contribution is 2.26. The Morgan fingerprint density at radius 2 is 2.12 bits per heavy atom. The maximum Gasteiger partial charge on any atom is 0.255 e. The van der Waals surface area contributed by atoms with Crippen molar-refractivity contribution in [3.05, 3.63) is 59.9 Å². The number of aromatic nitrogens is 3. The first-order chi connectivity index (χ1) is 12.6. The van der Waals surface area contributed by atoms with E-state index >= 15 is 0 Å². The van der Waals surface area contributed by atoms with Gasteiger partial charge in [-0.15, -0.1) is 0 Å². The highest BCUT2D eigenvalue weighted by atomic mass is 16.4. The second-order valence-corrected chi connectivity index (χ2v) is 6.41. The molecule has 0 aromatic carbocycles. The zero-order valence-electron chi connectivity index (χ0n) is 14.7. The van der Waals surface area contributed by atoms with Crippen molar-refractivity contribution in [2.45, 2.75) is 13.0 Å². The molecule has 3 aromatic rings. The lowest BCUT2D eigenvalue weighted by Crippen LogP contribution is -2.35. The quantitative estimate of drug-likeness (QED) is 0.723. The molecule has 0 N–H and O–H groups in total. The van der Waals surface area contributed by atoms with Gasteiger partial charge >= 0.3 is 0 Å². The second kappa shape index (κ2) is 6.59. The molecule has 4 rings (SSSR count). The molecule has 0 atom stereocenters. The zero-order chi connectivity index (χ0) is 18.1. The van der Waals surface area contributed by atoms with Crippen LogP contribution in [0.2, 0.25) is 0 Å².